The van der Waals surface area contributed by atoms with Crippen molar-refractivity contribution in [3.8, 4) is 11.1 Å². The third kappa shape index (κ3) is 6.09. The van der Waals surface area contributed by atoms with Gasteiger partial charge in [0.1, 0.15) is 17.5 Å². The maximum Gasteiger partial charge on any atom is 0.409 e. The third-order valence-corrected chi connectivity index (χ3v) is 7.44. The fraction of sp³-hybridized carbons (Fsp3) is 0.379. The van der Waals surface area contributed by atoms with Crippen LogP contribution in [-0.4, -0.2) is 6.18 Å². The lowest BCUT2D eigenvalue weighted by Gasteiger charge is -2.34. The second-order valence-electron chi connectivity index (χ2n) is 9.60. The summed E-state index contributed by atoms with van der Waals surface area (Å²) in [4.78, 5) is 0. The molecule has 6 heteroatoms. The highest BCUT2D eigenvalue weighted by atomic mass is 19.4. The van der Waals surface area contributed by atoms with Crippen molar-refractivity contribution in [3.05, 3.63) is 83.7 Å². The van der Waals surface area contributed by atoms with E-state index in [4.69, 9.17) is 0 Å². The second-order valence-corrected chi connectivity index (χ2v) is 9.60. The number of alkyl halides is 3. The normalized spacial score (nSPS) is 23.4. The minimum absolute atomic E-state index is 0.00818. The molecule has 0 aliphatic heterocycles. The fourth-order valence-corrected chi connectivity index (χ4v) is 5.42. The van der Waals surface area contributed by atoms with Crippen LogP contribution in [0.15, 0.2) is 55.1 Å². The van der Waals surface area contributed by atoms with Crippen LogP contribution >= 0.6 is 0 Å². The first-order chi connectivity index (χ1) is 16.6. The van der Waals surface area contributed by atoms with Gasteiger partial charge in [0.2, 0.25) is 0 Å². The molecule has 186 valence electrons. The quantitative estimate of drug-likeness (QED) is 0.289. The van der Waals surface area contributed by atoms with Crippen molar-refractivity contribution in [1.29, 1.82) is 0 Å². The van der Waals surface area contributed by atoms with Crippen LogP contribution in [0.1, 0.15) is 56.1 Å². The lowest BCUT2D eigenvalue weighted by molar-refractivity contribution is -0.0790. The molecule has 0 heterocycles. The summed E-state index contributed by atoms with van der Waals surface area (Å²) in [6, 6.07) is 6.26. The number of hydrogen-bond acceptors (Lipinski definition) is 0. The summed E-state index contributed by atoms with van der Waals surface area (Å²) in [5.41, 5.74) is 0.914. The average molecular weight is 491 g/mol. The molecule has 2 aromatic carbocycles. The Morgan fingerprint density at radius 3 is 2.00 bits per heavy atom. The van der Waals surface area contributed by atoms with Gasteiger partial charge in [0.15, 0.2) is 0 Å². The molecule has 2 aliphatic carbocycles. The Hall–Kier alpha value is -2.76. The number of hydrogen-bond donors (Lipinski definition) is 0. The summed E-state index contributed by atoms with van der Waals surface area (Å²) >= 11 is 0. The SMILES string of the molecule is C=CC1CCC(C2CC=C(c3ccc(-c4cc(F)c(/C=C/C(F)(F)F)c(F)c4)c(F)c3)CC2)CC1. The first-order valence-electron chi connectivity index (χ1n) is 12.0. The van der Waals surface area contributed by atoms with Gasteiger partial charge in [0.05, 0.1) is 0 Å². The molecular weight excluding hydrogens is 462 g/mol. The molecule has 35 heavy (non-hydrogen) atoms. The van der Waals surface area contributed by atoms with E-state index in [9.17, 15) is 26.3 Å². The van der Waals surface area contributed by atoms with Gasteiger partial charge in [-0.2, -0.15) is 13.2 Å². The van der Waals surface area contributed by atoms with E-state index < -0.39 is 29.2 Å². The highest BCUT2D eigenvalue weighted by Gasteiger charge is 2.28. The second kappa shape index (κ2) is 10.5. The molecule has 0 nitrogen and oxygen atoms in total. The molecule has 1 saturated carbocycles. The van der Waals surface area contributed by atoms with E-state index in [0.717, 1.165) is 48.4 Å². The van der Waals surface area contributed by atoms with Crippen molar-refractivity contribution in [3.63, 3.8) is 0 Å². The van der Waals surface area contributed by atoms with E-state index in [2.05, 4.69) is 18.7 Å². The molecule has 0 saturated heterocycles. The van der Waals surface area contributed by atoms with E-state index in [-0.39, 0.29) is 17.2 Å². The summed E-state index contributed by atoms with van der Waals surface area (Å²) in [5.74, 6) is -1.01. The summed E-state index contributed by atoms with van der Waals surface area (Å²) in [6.07, 6.45) is 7.39. The average Bonchev–Trinajstić information content (AvgIpc) is 2.83. The maximum absolute atomic E-state index is 15.0. The molecule has 0 spiro atoms. The number of benzene rings is 2. The lowest BCUT2D eigenvalue weighted by Crippen LogP contribution is -2.22. The van der Waals surface area contributed by atoms with Gasteiger partial charge in [0.25, 0.3) is 0 Å². The monoisotopic (exact) mass is 490 g/mol. The zero-order valence-electron chi connectivity index (χ0n) is 19.4. The Bertz CT molecular complexity index is 1110. The van der Waals surface area contributed by atoms with Crippen LogP contribution in [0.25, 0.3) is 22.8 Å². The molecule has 1 fully saturated rings. The Balaban J connectivity index is 1.48. The molecule has 1 unspecified atom stereocenters. The van der Waals surface area contributed by atoms with Crippen LogP contribution in [0.4, 0.5) is 26.3 Å². The van der Waals surface area contributed by atoms with Crippen LogP contribution in [0, 0.1) is 35.2 Å². The highest BCUT2D eigenvalue weighted by Crippen LogP contribution is 2.42. The van der Waals surface area contributed by atoms with Gasteiger partial charge in [-0.05, 0) is 104 Å². The molecule has 0 aromatic heterocycles. The summed E-state index contributed by atoms with van der Waals surface area (Å²) < 4.78 is 80.6. The van der Waals surface area contributed by atoms with Crippen LogP contribution in [-0.2, 0) is 0 Å². The maximum atomic E-state index is 15.0. The van der Waals surface area contributed by atoms with Crippen molar-refractivity contribution < 1.29 is 26.3 Å². The van der Waals surface area contributed by atoms with E-state index in [0.29, 0.717) is 17.9 Å². The number of allylic oxidation sites excluding steroid dienone is 4. The zero-order chi connectivity index (χ0) is 25.2. The number of rotatable bonds is 5. The van der Waals surface area contributed by atoms with Crippen molar-refractivity contribution in [1.82, 2.24) is 0 Å². The van der Waals surface area contributed by atoms with E-state index in [1.165, 1.54) is 37.8 Å². The van der Waals surface area contributed by atoms with Gasteiger partial charge >= 0.3 is 6.18 Å². The summed E-state index contributed by atoms with van der Waals surface area (Å²) in [5, 5.41) is 0. The predicted octanol–water partition coefficient (Wildman–Crippen LogP) is 9.52. The molecule has 2 aliphatic rings. The molecule has 0 amide bonds. The van der Waals surface area contributed by atoms with E-state index >= 15 is 0 Å². The molecule has 2 aromatic rings. The lowest BCUT2D eigenvalue weighted by atomic mass is 9.71. The largest absolute Gasteiger partial charge is 0.409 e. The van der Waals surface area contributed by atoms with E-state index in [1.54, 1.807) is 6.07 Å². The standard InChI is InChI=1S/C29H28F6/c1-2-18-3-5-19(6-4-18)20-7-9-21(10-8-20)22-11-12-24(26(30)15-22)23-16-27(31)25(28(32)17-23)13-14-29(33,34)35/h2,9,11-20H,1,3-8,10H2/b14-13+. The zero-order valence-corrected chi connectivity index (χ0v) is 19.4. The Labute approximate surface area is 202 Å². The first kappa shape index (κ1) is 25.3. The van der Waals surface area contributed by atoms with Crippen LogP contribution in [0.5, 0.6) is 0 Å². The van der Waals surface area contributed by atoms with Crippen LogP contribution in [0.3, 0.4) is 0 Å². The van der Waals surface area contributed by atoms with Gasteiger partial charge < -0.3 is 0 Å². The minimum Gasteiger partial charge on any atom is -0.206 e. The van der Waals surface area contributed by atoms with Crippen molar-refractivity contribution in [2.24, 2.45) is 17.8 Å². The summed E-state index contributed by atoms with van der Waals surface area (Å²) in [6.45, 7) is 3.91. The Morgan fingerprint density at radius 1 is 0.800 bits per heavy atom. The third-order valence-electron chi connectivity index (χ3n) is 7.44. The van der Waals surface area contributed by atoms with Crippen molar-refractivity contribution in [2.45, 2.75) is 51.1 Å². The van der Waals surface area contributed by atoms with Crippen LogP contribution in [0.2, 0.25) is 0 Å². The van der Waals surface area contributed by atoms with Gasteiger partial charge in [0, 0.05) is 17.2 Å². The topological polar surface area (TPSA) is 0 Å². The molecule has 0 N–H and O–H groups in total. The molecule has 0 bridgehead atoms. The molecule has 1 atom stereocenters. The number of halogens is 6. The molecule has 4 rings (SSSR count). The van der Waals surface area contributed by atoms with Gasteiger partial charge in [-0.25, -0.2) is 13.2 Å². The Morgan fingerprint density at radius 2 is 1.46 bits per heavy atom. The molecular formula is C29H28F6. The molecule has 0 radical (unpaired) electrons. The first-order valence-corrected chi connectivity index (χ1v) is 12.0. The minimum atomic E-state index is -4.70. The van der Waals surface area contributed by atoms with Crippen molar-refractivity contribution in [2.75, 3.05) is 0 Å². The van der Waals surface area contributed by atoms with Crippen LogP contribution < -0.4 is 0 Å². The van der Waals surface area contributed by atoms with E-state index in [1.807, 2.05) is 0 Å². The Kier molecular flexibility index (Phi) is 7.58. The van der Waals surface area contributed by atoms with Crippen molar-refractivity contribution >= 4 is 11.6 Å². The van der Waals surface area contributed by atoms with Gasteiger partial charge in [-0.1, -0.05) is 24.3 Å². The smallest absolute Gasteiger partial charge is 0.206 e. The predicted molar refractivity (Wildman–Crippen MR) is 128 cm³/mol. The van der Waals surface area contributed by atoms with Gasteiger partial charge in [-0.3, -0.25) is 0 Å². The highest BCUT2D eigenvalue weighted by molar-refractivity contribution is 5.72. The summed E-state index contributed by atoms with van der Waals surface area (Å²) in [7, 11) is 0. The fourth-order valence-electron chi connectivity index (χ4n) is 5.42. The van der Waals surface area contributed by atoms with Gasteiger partial charge in [-0.15, -0.1) is 6.58 Å².